The highest BCUT2D eigenvalue weighted by molar-refractivity contribution is 7.10. The Bertz CT molecular complexity index is 447. The Morgan fingerprint density at radius 3 is 3.05 bits per heavy atom. The Labute approximate surface area is 116 Å². The first-order valence-corrected chi connectivity index (χ1v) is 7.25. The van der Waals surface area contributed by atoms with Gasteiger partial charge in [-0.2, -0.15) is 0 Å². The number of likely N-dealkylation sites (tertiary alicyclic amines) is 1. The predicted octanol–water partition coefficient (Wildman–Crippen LogP) is 1.47. The molecule has 1 aromatic rings. The van der Waals surface area contributed by atoms with Crippen LogP contribution in [0.2, 0.25) is 0 Å². The van der Waals surface area contributed by atoms with Gasteiger partial charge in [-0.3, -0.25) is 14.5 Å². The van der Waals surface area contributed by atoms with Gasteiger partial charge in [0.15, 0.2) is 0 Å². The molecule has 1 aliphatic heterocycles. The average Bonchev–Trinajstić information content (AvgIpc) is 2.98. The molecule has 1 saturated heterocycles. The summed E-state index contributed by atoms with van der Waals surface area (Å²) >= 11 is 1.60. The molecule has 2 rings (SSSR count). The molecule has 0 spiro atoms. The van der Waals surface area contributed by atoms with E-state index < -0.39 is 12.0 Å². The largest absolute Gasteiger partial charge is 0.480 e. The number of nitrogens with one attached hydrogen (secondary N) is 1. The first kappa shape index (κ1) is 14.0. The van der Waals surface area contributed by atoms with E-state index in [-0.39, 0.29) is 18.5 Å². The fourth-order valence-electron chi connectivity index (χ4n) is 2.38. The number of carboxylic acid groups (broad SMARTS) is 1. The van der Waals surface area contributed by atoms with E-state index in [0.717, 1.165) is 11.3 Å². The van der Waals surface area contributed by atoms with Crippen LogP contribution in [0.25, 0.3) is 0 Å². The molecule has 2 atom stereocenters. The lowest BCUT2D eigenvalue weighted by Gasteiger charge is -2.21. The summed E-state index contributed by atoms with van der Waals surface area (Å²) in [6.07, 6.45) is 1.47. The SMILES string of the molecule is CC(NC(=O)CN1CCC[C@@H]1C(=O)O)c1cccs1. The molecule has 19 heavy (non-hydrogen) atoms. The van der Waals surface area contributed by atoms with Crippen molar-refractivity contribution in [3.8, 4) is 0 Å². The third kappa shape index (κ3) is 3.54. The van der Waals surface area contributed by atoms with Crippen molar-refractivity contribution in [2.75, 3.05) is 13.1 Å². The summed E-state index contributed by atoms with van der Waals surface area (Å²) in [6, 6.07) is 3.39. The molecular formula is C13H18N2O3S. The molecule has 0 aromatic carbocycles. The molecule has 0 bridgehead atoms. The second-order valence-corrected chi connectivity index (χ2v) is 5.75. The number of rotatable bonds is 5. The van der Waals surface area contributed by atoms with Gasteiger partial charge >= 0.3 is 5.97 Å². The van der Waals surface area contributed by atoms with E-state index in [1.807, 2.05) is 24.4 Å². The van der Waals surface area contributed by atoms with Crippen molar-refractivity contribution in [3.63, 3.8) is 0 Å². The summed E-state index contributed by atoms with van der Waals surface area (Å²) < 4.78 is 0. The Morgan fingerprint density at radius 2 is 2.42 bits per heavy atom. The smallest absolute Gasteiger partial charge is 0.320 e. The quantitative estimate of drug-likeness (QED) is 0.858. The van der Waals surface area contributed by atoms with Crippen molar-refractivity contribution >= 4 is 23.2 Å². The maximum absolute atomic E-state index is 11.9. The molecular weight excluding hydrogens is 264 g/mol. The summed E-state index contributed by atoms with van der Waals surface area (Å²) in [5.74, 6) is -0.953. The maximum atomic E-state index is 11.9. The van der Waals surface area contributed by atoms with Crippen molar-refractivity contribution in [2.24, 2.45) is 0 Å². The average molecular weight is 282 g/mol. The highest BCUT2D eigenvalue weighted by atomic mass is 32.1. The van der Waals surface area contributed by atoms with Crippen LogP contribution in [0.3, 0.4) is 0 Å². The first-order valence-electron chi connectivity index (χ1n) is 6.37. The van der Waals surface area contributed by atoms with Crippen LogP contribution >= 0.6 is 11.3 Å². The number of thiophene rings is 1. The summed E-state index contributed by atoms with van der Waals surface area (Å²) in [6.45, 7) is 2.77. The van der Waals surface area contributed by atoms with Crippen LogP contribution in [0.15, 0.2) is 17.5 Å². The lowest BCUT2D eigenvalue weighted by Crippen LogP contribution is -2.43. The summed E-state index contributed by atoms with van der Waals surface area (Å²) in [7, 11) is 0. The fourth-order valence-corrected chi connectivity index (χ4v) is 3.11. The van der Waals surface area contributed by atoms with E-state index >= 15 is 0 Å². The normalized spacial score (nSPS) is 21.2. The van der Waals surface area contributed by atoms with E-state index in [9.17, 15) is 9.59 Å². The fraction of sp³-hybridized carbons (Fsp3) is 0.538. The van der Waals surface area contributed by atoms with Crippen LogP contribution in [0.1, 0.15) is 30.7 Å². The van der Waals surface area contributed by atoms with Gasteiger partial charge in [-0.05, 0) is 37.8 Å². The molecule has 1 aliphatic rings. The second kappa shape index (κ2) is 6.16. The van der Waals surface area contributed by atoms with Crippen LogP contribution < -0.4 is 5.32 Å². The lowest BCUT2D eigenvalue weighted by molar-refractivity contribution is -0.142. The molecule has 1 fully saturated rings. The number of amides is 1. The number of hydrogen-bond acceptors (Lipinski definition) is 4. The molecule has 2 N–H and O–H groups in total. The van der Waals surface area contributed by atoms with Gasteiger partial charge in [-0.25, -0.2) is 0 Å². The molecule has 1 aromatic heterocycles. The number of hydrogen-bond donors (Lipinski definition) is 2. The third-order valence-corrected chi connectivity index (χ3v) is 4.40. The molecule has 5 nitrogen and oxygen atoms in total. The highest BCUT2D eigenvalue weighted by Crippen LogP contribution is 2.19. The third-order valence-electron chi connectivity index (χ3n) is 3.34. The van der Waals surface area contributed by atoms with Crippen LogP contribution in [0.5, 0.6) is 0 Å². The van der Waals surface area contributed by atoms with Crippen molar-refractivity contribution in [3.05, 3.63) is 22.4 Å². The van der Waals surface area contributed by atoms with Gasteiger partial charge in [0, 0.05) is 4.88 Å². The molecule has 2 heterocycles. The molecule has 6 heteroatoms. The number of aliphatic carboxylic acids is 1. The number of carboxylic acids is 1. The highest BCUT2D eigenvalue weighted by Gasteiger charge is 2.31. The van der Waals surface area contributed by atoms with Gasteiger partial charge in [0.2, 0.25) is 5.91 Å². The van der Waals surface area contributed by atoms with E-state index in [2.05, 4.69) is 5.32 Å². The summed E-state index contributed by atoms with van der Waals surface area (Å²) in [4.78, 5) is 25.8. The number of nitrogens with zero attached hydrogens (tertiary/aromatic N) is 1. The van der Waals surface area contributed by atoms with E-state index in [0.29, 0.717) is 13.0 Å². The summed E-state index contributed by atoms with van der Waals surface area (Å²) in [5.41, 5.74) is 0. The molecule has 1 amide bonds. The lowest BCUT2D eigenvalue weighted by atomic mass is 10.2. The van der Waals surface area contributed by atoms with Gasteiger partial charge < -0.3 is 10.4 Å². The Hall–Kier alpha value is -1.40. The number of carbonyl (C=O) groups excluding carboxylic acids is 1. The monoisotopic (exact) mass is 282 g/mol. The Kier molecular flexibility index (Phi) is 4.55. The van der Waals surface area contributed by atoms with Gasteiger partial charge in [0.1, 0.15) is 6.04 Å². The van der Waals surface area contributed by atoms with Crippen LogP contribution in [0.4, 0.5) is 0 Å². The zero-order chi connectivity index (χ0) is 13.8. The maximum Gasteiger partial charge on any atom is 0.320 e. The van der Waals surface area contributed by atoms with E-state index in [1.54, 1.807) is 16.2 Å². The Morgan fingerprint density at radius 1 is 1.63 bits per heavy atom. The number of carbonyl (C=O) groups is 2. The first-order chi connectivity index (χ1) is 9.08. The van der Waals surface area contributed by atoms with Gasteiger partial charge in [-0.15, -0.1) is 11.3 Å². The van der Waals surface area contributed by atoms with Crippen molar-refractivity contribution in [1.82, 2.24) is 10.2 Å². The molecule has 0 radical (unpaired) electrons. The minimum absolute atomic E-state index is 0.0293. The van der Waals surface area contributed by atoms with Gasteiger partial charge in [0.05, 0.1) is 12.6 Å². The van der Waals surface area contributed by atoms with E-state index in [4.69, 9.17) is 5.11 Å². The second-order valence-electron chi connectivity index (χ2n) is 4.77. The molecule has 0 saturated carbocycles. The van der Waals surface area contributed by atoms with Crippen LogP contribution in [-0.4, -0.2) is 41.0 Å². The minimum Gasteiger partial charge on any atom is -0.480 e. The summed E-state index contributed by atoms with van der Waals surface area (Å²) in [5, 5.41) is 13.9. The molecule has 0 aliphatic carbocycles. The standard InChI is InChI=1S/C13H18N2O3S/c1-9(11-5-3-7-19-11)14-12(16)8-15-6-2-4-10(15)13(17)18/h3,5,7,9-10H,2,4,6,8H2,1H3,(H,14,16)(H,17,18)/t9?,10-/m1/s1. The molecule has 104 valence electrons. The molecule has 1 unspecified atom stereocenters. The Balaban J connectivity index is 1.86. The van der Waals surface area contributed by atoms with Crippen molar-refractivity contribution in [1.29, 1.82) is 0 Å². The minimum atomic E-state index is -0.836. The van der Waals surface area contributed by atoms with Crippen LogP contribution in [-0.2, 0) is 9.59 Å². The zero-order valence-corrected chi connectivity index (χ0v) is 11.7. The topological polar surface area (TPSA) is 69.6 Å². The predicted molar refractivity (Wildman–Crippen MR) is 73.1 cm³/mol. The van der Waals surface area contributed by atoms with E-state index in [1.165, 1.54) is 0 Å². The van der Waals surface area contributed by atoms with Gasteiger partial charge in [-0.1, -0.05) is 6.07 Å². The van der Waals surface area contributed by atoms with Crippen molar-refractivity contribution < 1.29 is 14.7 Å². The zero-order valence-electron chi connectivity index (χ0n) is 10.8. The van der Waals surface area contributed by atoms with Crippen molar-refractivity contribution in [2.45, 2.75) is 31.8 Å². The van der Waals surface area contributed by atoms with Crippen LogP contribution in [0, 0.1) is 0 Å². The van der Waals surface area contributed by atoms with Gasteiger partial charge in [0.25, 0.3) is 0 Å².